The van der Waals surface area contributed by atoms with Gasteiger partial charge in [-0.2, -0.15) is 0 Å². The molecule has 0 saturated carbocycles. The van der Waals surface area contributed by atoms with Gasteiger partial charge in [0, 0.05) is 31.9 Å². The number of rotatable bonds is 6. The van der Waals surface area contributed by atoms with Crippen LogP contribution in [0.5, 0.6) is 0 Å². The highest BCUT2D eigenvalue weighted by atomic mass is 32.2. The van der Waals surface area contributed by atoms with E-state index in [1.807, 2.05) is 56.8 Å². The zero-order chi connectivity index (χ0) is 22.6. The van der Waals surface area contributed by atoms with Crippen LogP contribution in [0.4, 0.5) is 10.1 Å². The molecule has 1 saturated heterocycles. The van der Waals surface area contributed by atoms with Crippen molar-refractivity contribution in [1.82, 2.24) is 19.7 Å². The topological polar surface area (TPSA) is 67.4 Å². The molecule has 0 N–H and O–H groups in total. The molecule has 3 heterocycles. The number of para-hydroxylation sites is 2. The van der Waals surface area contributed by atoms with Gasteiger partial charge in [0.1, 0.15) is 5.82 Å². The second kappa shape index (κ2) is 9.50. The summed E-state index contributed by atoms with van der Waals surface area (Å²) in [7, 11) is 0. The fourth-order valence-corrected chi connectivity index (χ4v) is 4.72. The van der Waals surface area contributed by atoms with Crippen LogP contribution in [-0.4, -0.2) is 57.5 Å². The van der Waals surface area contributed by atoms with Crippen molar-refractivity contribution in [2.75, 3.05) is 36.8 Å². The molecule has 0 atom stereocenters. The smallest absolute Gasteiger partial charge is 0.233 e. The van der Waals surface area contributed by atoms with Crippen molar-refractivity contribution in [1.29, 1.82) is 0 Å². The van der Waals surface area contributed by atoms with Gasteiger partial charge in [-0.15, -0.1) is 10.2 Å². The first-order chi connectivity index (χ1) is 16.2. The zero-order valence-corrected chi connectivity index (χ0v) is 18.6. The van der Waals surface area contributed by atoms with Crippen molar-refractivity contribution in [3.05, 3.63) is 78.8 Å². The number of benzene rings is 2. The predicted octanol–water partition coefficient (Wildman–Crippen LogP) is 4.11. The van der Waals surface area contributed by atoms with Crippen LogP contribution in [0.15, 0.2) is 82.6 Å². The van der Waals surface area contributed by atoms with Crippen LogP contribution >= 0.6 is 11.8 Å². The highest BCUT2D eigenvalue weighted by Gasteiger charge is 2.24. The molecular formula is C24H22FN5O2S. The normalized spacial score (nSPS) is 14.0. The second-order valence-corrected chi connectivity index (χ2v) is 8.50. The Hall–Kier alpha value is -3.59. The molecule has 9 heteroatoms. The maximum Gasteiger partial charge on any atom is 0.233 e. The Labute approximate surface area is 194 Å². The third-order valence-corrected chi connectivity index (χ3v) is 6.45. The van der Waals surface area contributed by atoms with E-state index in [-0.39, 0.29) is 17.5 Å². The molecule has 2 aromatic carbocycles. The quantitative estimate of drug-likeness (QED) is 0.401. The molecule has 1 amide bonds. The van der Waals surface area contributed by atoms with Crippen LogP contribution in [0.1, 0.15) is 0 Å². The van der Waals surface area contributed by atoms with E-state index in [1.165, 1.54) is 17.8 Å². The maximum atomic E-state index is 14.1. The molecule has 0 bridgehead atoms. The fourth-order valence-electron chi connectivity index (χ4n) is 3.86. The van der Waals surface area contributed by atoms with Gasteiger partial charge in [0.05, 0.1) is 17.7 Å². The molecule has 0 unspecified atom stereocenters. The zero-order valence-electron chi connectivity index (χ0n) is 17.8. The van der Waals surface area contributed by atoms with E-state index < -0.39 is 0 Å². The third kappa shape index (κ3) is 4.49. The van der Waals surface area contributed by atoms with Crippen LogP contribution in [-0.2, 0) is 4.79 Å². The van der Waals surface area contributed by atoms with Gasteiger partial charge in [0.15, 0.2) is 10.9 Å². The van der Waals surface area contributed by atoms with Crippen molar-refractivity contribution in [2.45, 2.75) is 5.16 Å². The van der Waals surface area contributed by atoms with Crippen LogP contribution in [0, 0.1) is 5.82 Å². The summed E-state index contributed by atoms with van der Waals surface area (Å²) in [5, 5.41) is 9.25. The summed E-state index contributed by atoms with van der Waals surface area (Å²) in [6.07, 6.45) is 1.59. The van der Waals surface area contributed by atoms with Gasteiger partial charge >= 0.3 is 0 Å². The number of furan rings is 1. The average Bonchev–Trinajstić information content (AvgIpc) is 3.53. The molecule has 4 aromatic rings. The largest absolute Gasteiger partial charge is 0.461 e. The minimum Gasteiger partial charge on any atom is -0.461 e. The number of carbonyl (C=O) groups excluding carboxylic acids is 1. The Kier molecular flexibility index (Phi) is 6.12. The highest BCUT2D eigenvalue weighted by Crippen LogP contribution is 2.28. The molecule has 33 heavy (non-hydrogen) atoms. The summed E-state index contributed by atoms with van der Waals surface area (Å²) in [4.78, 5) is 16.7. The minimum absolute atomic E-state index is 0.0235. The lowest BCUT2D eigenvalue weighted by atomic mass is 10.2. The van der Waals surface area contributed by atoms with E-state index in [4.69, 9.17) is 4.42 Å². The van der Waals surface area contributed by atoms with Crippen molar-refractivity contribution in [3.8, 4) is 17.3 Å². The first-order valence-corrected chi connectivity index (χ1v) is 11.6. The van der Waals surface area contributed by atoms with Crippen LogP contribution in [0.3, 0.4) is 0 Å². The summed E-state index contributed by atoms with van der Waals surface area (Å²) in [6.45, 7) is 2.30. The molecule has 1 aliphatic rings. The van der Waals surface area contributed by atoms with Gasteiger partial charge in [-0.05, 0) is 36.4 Å². The average molecular weight is 464 g/mol. The number of thioether (sulfide) groups is 1. The Balaban J connectivity index is 1.26. The van der Waals surface area contributed by atoms with E-state index in [0.29, 0.717) is 48.6 Å². The van der Waals surface area contributed by atoms with Crippen LogP contribution in [0.2, 0.25) is 0 Å². The summed E-state index contributed by atoms with van der Waals surface area (Å²) in [5.41, 5.74) is 1.47. The second-order valence-electron chi connectivity index (χ2n) is 7.56. The number of nitrogens with zero attached hydrogens (tertiary/aromatic N) is 5. The number of halogens is 1. The lowest BCUT2D eigenvalue weighted by molar-refractivity contribution is -0.128. The first kappa shape index (κ1) is 21.3. The Morgan fingerprint density at radius 3 is 2.42 bits per heavy atom. The Bertz CT molecular complexity index is 1220. The third-order valence-electron chi connectivity index (χ3n) is 5.54. The number of hydrogen-bond donors (Lipinski definition) is 0. The van der Waals surface area contributed by atoms with Gasteiger partial charge in [0.2, 0.25) is 11.7 Å². The summed E-state index contributed by atoms with van der Waals surface area (Å²) < 4.78 is 21.5. The summed E-state index contributed by atoms with van der Waals surface area (Å²) in [5.74, 6) is 1.22. The summed E-state index contributed by atoms with van der Waals surface area (Å²) >= 11 is 1.34. The van der Waals surface area contributed by atoms with E-state index in [1.54, 1.807) is 24.5 Å². The number of anilines is 1. The number of aromatic nitrogens is 3. The lowest BCUT2D eigenvalue weighted by Gasteiger charge is -2.36. The van der Waals surface area contributed by atoms with Crippen molar-refractivity contribution >= 4 is 23.4 Å². The summed E-state index contributed by atoms with van der Waals surface area (Å²) in [6, 6.07) is 20.1. The standard InChI is InChI=1S/C24H22FN5O2S/c25-19-9-4-5-10-20(19)28-12-14-29(15-13-28)22(31)17-33-24-27-26-23(21-11-6-16-32-21)30(24)18-7-2-1-3-8-18/h1-11,16H,12-15,17H2. The molecule has 0 aliphatic carbocycles. The Morgan fingerprint density at radius 2 is 1.70 bits per heavy atom. The van der Waals surface area contributed by atoms with E-state index in [2.05, 4.69) is 10.2 Å². The van der Waals surface area contributed by atoms with Crippen LogP contribution < -0.4 is 4.90 Å². The molecule has 2 aromatic heterocycles. The van der Waals surface area contributed by atoms with E-state index in [9.17, 15) is 9.18 Å². The Morgan fingerprint density at radius 1 is 0.939 bits per heavy atom. The van der Waals surface area contributed by atoms with Gasteiger partial charge in [-0.3, -0.25) is 9.36 Å². The SMILES string of the molecule is O=C(CSc1nnc(-c2ccco2)n1-c1ccccc1)N1CCN(c2ccccc2F)CC1. The molecule has 7 nitrogen and oxygen atoms in total. The molecule has 5 rings (SSSR count). The van der Waals surface area contributed by atoms with Gasteiger partial charge in [-0.1, -0.05) is 42.1 Å². The van der Waals surface area contributed by atoms with Gasteiger partial charge in [0.25, 0.3) is 0 Å². The van der Waals surface area contributed by atoms with Crippen molar-refractivity contribution in [2.24, 2.45) is 0 Å². The monoisotopic (exact) mass is 463 g/mol. The van der Waals surface area contributed by atoms with E-state index in [0.717, 1.165) is 5.69 Å². The fraction of sp³-hybridized carbons (Fsp3) is 0.208. The molecule has 1 fully saturated rings. The molecule has 0 radical (unpaired) electrons. The van der Waals surface area contributed by atoms with Crippen molar-refractivity contribution < 1.29 is 13.6 Å². The van der Waals surface area contributed by atoms with E-state index >= 15 is 0 Å². The predicted molar refractivity (Wildman–Crippen MR) is 125 cm³/mol. The lowest BCUT2D eigenvalue weighted by Crippen LogP contribution is -2.49. The number of piperazine rings is 1. The number of hydrogen-bond acceptors (Lipinski definition) is 6. The number of carbonyl (C=O) groups is 1. The highest BCUT2D eigenvalue weighted by molar-refractivity contribution is 7.99. The molecule has 1 aliphatic heterocycles. The molecular weight excluding hydrogens is 441 g/mol. The molecule has 0 spiro atoms. The van der Waals surface area contributed by atoms with Crippen molar-refractivity contribution in [3.63, 3.8) is 0 Å². The molecule has 168 valence electrons. The maximum absolute atomic E-state index is 14.1. The first-order valence-electron chi connectivity index (χ1n) is 10.7. The number of amides is 1. The van der Waals surface area contributed by atoms with Crippen LogP contribution in [0.25, 0.3) is 17.3 Å². The minimum atomic E-state index is -0.236. The van der Waals surface area contributed by atoms with Gasteiger partial charge in [-0.25, -0.2) is 4.39 Å². The van der Waals surface area contributed by atoms with Gasteiger partial charge < -0.3 is 14.2 Å².